The normalized spacial score (nSPS) is 14.5. The molecule has 2 aromatic rings. The summed E-state index contributed by atoms with van der Waals surface area (Å²) in [6.07, 6.45) is 1.58. The molecule has 1 aromatic carbocycles. The van der Waals surface area contributed by atoms with Crippen molar-refractivity contribution in [1.82, 2.24) is 9.88 Å². The predicted molar refractivity (Wildman–Crippen MR) is 86.5 cm³/mol. The first-order chi connectivity index (χ1) is 11.1. The fourth-order valence-electron chi connectivity index (χ4n) is 2.35. The molecule has 1 aliphatic heterocycles. The topological polar surface area (TPSA) is 82.6 Å². The number of carbonyl (C=O) groups excluding carboxylic acids is 3. The van der Waals surface area contributed by atoms with E-state index >= 15 is 0 Å². The van der Waals surface area contributed by atoms with E-state index in [4.69, 9.17) is 0 Å². The number of anilines is 2. The molecule has 0 atom stereocenters. The van der Waals surface area contributed by atoms with Gasteiger partial charge in [0, 0.05) is 18.6 Å². The van der Waals surface area contributed by atoms with E-state index in [-0.39, 0.29) is 30.8 Å². The number of aromatic nitrogens is 1. The number of hydrogen-bond acceptors (Lipinski definition) is 5. The van der Waals surface area contributed by atoms with E-state index in [1.165, 1.54) is 21.1 Å². The van der Waals surface area contributed by atoms with E-state index in [2.05, 4.69) is 10.3 Å². The molecule has 1 N–H and O–H groups in total. The molecule has 3 amide bonds. The lowest BCUT2D eigenvalue weighted by Crippen LogP contribution is -2.41. The second kappa shape index (κ2) is 6.17. The zero-order chi connectivity index (χ0) is 16.4. The first-order valence-corrected chi connectivity index (χ1v) is 7.78. The van der Waals surface area contributed by atoms with Crippen LogP contribution in [0.1, 0.15) is 10.4 Å². The van der Waals surface area contributed by atoms with Gasteiger partial charge in [0.05, 0.1) is 11.3 Å². The lowest BCUT2D eigenvalue weighted by atomic mass is 10.1. The van der Waals surface area contributed by atoms with Crippen LogP contribution < -0.4 is 10.2 Å². The molecule has 0 saturated carbocycles. The zero-order valence-corrected chi connectivity index (χ0v) is 13.2. The molecule has 0 saturated heterocycles. The number of rotatable bonds is 3. The van der Waals surface area contributed by atoms with Gasteiger partial charge in [-0.3, -0.25) is 14.4 Å². The molecule has 8 heteroatoms. The third-order valence-corrected chi connectivity index (χ3v) is 4.11. The van der Waals surface area contributed by atoms with Crippen LogP contribution in [0, 0.1) is 0 Å². The molecular weight excluding hydrogens is 316 g/mol. The Morgan fingerprint density at radius 1 is 1.35 bits per heavy atom. The van der Waals surface area contributed by atoms with Gasteiger partial charge in [0.2, 0.25) is 11.8 Å². The van der Waals surface area contributed by atoms with Crippen LogP contribution in [-0.2, 0) is 9.59 Å². The summed E-state index contributed by atoms with van der Waals surface area (Å²) >= 11 is 1.30. The summed E-state index contributed by atoms with van der Waals surface area (Å²) in [6, 6.07) is 6.78. The number of para-hydroxylation sites is 1. The average Bonchev–Trinajstić information content (AvgIpc) is 3.01. The quantitative estimate of drug-likeness (QED) is 0.917. The van der Waals surface area contributed by atoms with Gasteiger partial charge >= 0.3 is 0 Å². The molecule has 3 rings (SSSR count). The second-order valence-corrected chi connectivity index (χ2v) is 5.94. The van der Waals surface area contributed by atoms with Crippen LogP contribution in [0.2, 0.25) is 0 Å². The van der Waals surface area contributed by atoms with Gasteiger partial charge in [-0.25, -0.2) is 4.98 Å². The number of nitrogens with zero attached hydrogens (tertiary/aromatic N) is 3. The molecular formula is C15H14N4O3S. The summed E-state index contributed by atoms with van der Waals surface area (Å²) in [7, 11) is 1.57. The van der Waals surface area contributed by atoms with Crippen molar-refractivity contribution in [3.05, 3.63) is 41.4 Å². The number of amides is 3. The number of benzene rings is 1. The Bertz CT molecular complexity index is 760. The summed E-state index contributed by atoms with van der Waals surface area (Å²) in [6.45, 7) is -0.241. The summed E-state index contributed by atoms with van der Waals surface area (Å²) in [5.41, 5.74) is 0.851. The highest BCUT2D eigenvalue weighted by atomic mass is 32.1. The van der Waals surface area contributed by atoms with Crippen LogP contribution in [0.25, 0.3) is 0 Å². The van der Waals surface area contributed by atoms with Crippen LogP contribution in [0.4, 0.5) is 10.8 Å². The third kappa shape index (κ3) is 3.07. The van der Waals surface area contributed by atoms with Gasteiger partial charge in [-0.15, -0.1) is 11.3 Å². The van der Waals surface area contributed by atoms with Gasteiger partial charge in [0.15, 0.2) is 5.13 Å². The lowest BCUT2D eigenvalue weighted by Gasteiger charge is -2.21. The zero-order valence-electron chi connectivity index (χ0n) is 12.4. The van der Waals surface area contributed by atoms with Crippen molar-refractivity contribution in [3.63, 3.8) is 0 Å². The van der Waals surface area contributed by atoms with Crippen LogP contribution in [0.3, 0.4) is 0 Å². The minimum absolute atomic E-state index is 0.0714. The van der Waals surface area contributed by atoms with Crippen molar-refractivity contribution in [2.75, 3.05) is 30.4 Å². The first kappa shape index (κ1) is 15.2. The maximum atomic E-state index is 12.4. The molecule has 0 unspecified atom stereocenters. The molecule has 0 bridgehead atoms. The van der Waals surface area contributed by atoms with Crippen molar-refractivity contribution in [3.8, 4) is 0 Å². The fourth-order valence-corrected chi connectivity index (χ4v) is 2.90. The van der Waals surface area contributed by atoms with Crippen molar-refractivity contribution in [2.45, 2.75) is 0 Å². The number of fused-ring (bicyclic) bond motifs is 1. The van der Waals surface area contributed by atoms with Crippen molar-refractivity contribution in [2.24, 2.45) is 0 Å². The van der Waals surface area contributed by atoms with Gasteiger partial charge in [-0.05, 0) is 12.1 Å². The Morgan fingerprint density at radius 2 is 2.13 bits per heavy atom. The van der Waals surface area contributed by atoms with Crippen LogP contribution in [-0.4, -0.2) is 47.7 Å². The Balaban J connectivity index is 1.88. The molecule has 0 fully saturated rings. The highest BCUT2D eigenvalue weighted by Crippen LogP contribution is 2.25. The third-order valence-electron chi connectivity index (χ3n) is 3.43. The summed E-state index contributed by atoms with van der Waals surface area (Å²) < 4.78 is 0. The van der Waals surface area contributed by atoms with Crippen molar-refractivity contribution < 1.29 is 14.4 Å². The van der Waals surface area contributed by atoms with E-state index in [9.17, 15) is 14.4 Å². The fraction of sp³-hybridized carbons (Fsp3) is 0.200. The molecule has 23 heavy (non-hydrogen) atoms. The number of hydrogen-bond donors (Lipinski definition) is 1. The van der Waals surface area contributed by atoms with Crippen LogP contribution in [0.15, 0.2) is 35.8 Å². The van der Waals surface area contributed by atoms with E-state index in [0.29, 0.717) is 16.4 Å². The minimum Gasteiger partial charge on any atom is -0.332 e. The number of carbonyl (C=O) groups is 3. The summed E-state index contributed by atoms with van der Waals surface area (Å²) in [4.78, 5) is 43.5. The maximum Gasteiger partial charge on any atom is 0.256 e. The number of nitrogens with one attached hydrogen (secondary N) is 1. The Morgan fingerprint density at radius 3 is 2.87 bits per heavy atom. The van der Waals surface area contributed by atoms with E-state index in [1.807, 2.05) is 0 Å². The van der Waals surface area contributed by atoms with E-state index in [1.54, 1.807) is 42.9 Å². The average molecular weight is 330 g/mol. The molecule has 118 valence electrons. The van der Waals surface area contributed by atoms with E-state index < -0.39 is 0 Å². The molecule has 0 spiro atoms. The lowest BCUT2D eigenvalue weighted by molar-refractivity contribution is -0.121. The van der Waals surface area contributed by atoms with Crippen LogP contribution in [0.5, 0.6) is 0 Å². The Kier molecular flexibility index (Phi) is 4.07. The highest BCUT2D eigenvalue weighted by Gasteiger charge is 2.30. The Hall–Kier alpha value is -2.74. The summed E-state index contributed by atoms with van der Waals surface area (Å²) in [5, 5.41) is 4.86. The predicted octanol–water partition coefficient (Wildman–Crippen LogP) is 1.20. The molecule has 1 aromatic heterocycles. The SMILES string of the molecule is CN1CC(=O)N(CC(=O)Nc2nccs2)c2ccccc2C1=O. The maximum absolute atomic E-state index is 12.4. The van der Waals surface area contributed by atoms with Crippen molar-refractivity contribution >= 4 is 39.9 Å². The summed E-state index contributed by atoms with van der Waals surface area (Å²) in [5.74, 6) is -0.906. The largest absolute Gasteiger partial charge is 0.332 e. The van der Waals surface area contributed by atoms with Gasteiger partial charge in [0.25, 0.3) is 5.91 Å². The van der Waals surface area contributed by atoms with Gasteiger partial charge in [-0.1, -0.05) is 12.1 Å². The first-order valence-electron chi connectivity index (χ1n) is 6.90. The molecule has 7 nitrogen and oxygen atoms in total. The monoisotopic (exact) mass is 330 g/mol. The van der Waals surface area contributed by atoms with E-state index in [0.717, 1.165) is 0 Å². The number of thiazole rings is 1. The highest BCUT2D eigenvalue weighted by molar-refractivity contribution is 7.13. The van der Waals surface area contributed by atoms with Crippen LogP contribution >= 0.6 is 11.3 Å². The smallest absolute Gasteiger partial charge is 0.256 e. The second-order valence-electron chi connectivity index (χ2n) is 5.04. The van der Waals surface area contributed by atoms with Gasteiger partial charge < -0.3 is 15.1 Å². The van der Waals surface area contributed by atoms with Crippen molar-refractivity contribution in [1.29, 1.82) is 0 Å². The molecule has 1 aliphatic rings. The molecule has 2 heterocycles. The standard InChI is InChI=1S/C15H14N4O3S/c1-18-9-13(21)19(8-12(20)17-15-16-6-7-23-15)11-5-3-2-4-10(11)14(18)22/h2-7H,8-9H2,1H3,(H,16,17,20). The Labute approximate surface area is 136 Å². The molecule has 0 aliphatic carbocycles. The van der Waals surface area contributed by atoms with Gasteiger partial charge in [-0.2, -0.15) is 0 Å². The number of likely N-dealkylation sites (N-methyl/N-ethyl adjacent to an activating group) is 1. The van der Waals surface area contributed by atoms with Gasteiger partial charge in [0.1, 0.15) is 13.1 Å². The minimum atomic E-state index is -0.361. The molecule has 0 radical (unpaired) electrons.